The highest BCUT2D eigenvalue weighted by atomic mass is 79.9. The van der Waals surface area contributed by atoms with Gasteiger partial charge in [0, 0.05) is 22.8 Å². The molecule has 0 fully saturated rings. The fourth-order valence-electron chi connectivity index (χ4n) is 1.53. The van der Waals surface area contributed by atoms with Crippen molar-refractivity contribution in [3.63, 3.8) is 0 Å². The van der Waals surface area contributed by atoms with Gasteiger partial charge in [-0.3, -0.25) is 0 Å². The molecule has 1 N–H and O–H groups in total. The summed E-state index contributed by atoms with van der Waals surface area (Å²) in [5, 5.41) is 9.10. The monoisotopic (exact) mass is 339 g/mol. The van der Waals surface area contributed by atoms with E-state index in [4.69, 9.17) is 5.11 Å². The van der Waals surface area contributed by atoms with Crippen LogP contribution in [-0.4, -0.2) is 15.8 Å². The van der Waals surface area contributed by atoms with E-state index in [0.29, 0.717) is 6.54 Å². The lowest BCUT2D eigenvalue weighted by Gasteiger charge is -2.12. The van der Waals surface area contributed by atoms with Crippen LogP contribution in [0.1, 0.15) is 16.5 Å². The molecule has 0 amide bonds. The van der Waals surface area contributed by atoms with Crippen molar-refractivity contribution in [2.75, 3.05) is 0 Å². The largest absolute Gasteiger partial charge is 0.418 e. The van der Waals surface area contributed by atoms with Crippen LogP contribution in [0.5, 0.6) is 0 Å². The lowest BCUT2D eigenvalue weighted by Crippen LogP contribution is -2.19. The zero-order valence-corrected chi connectivity index (χ0v) is 11.4. The Bertz CT molecular complexity index is 534. The van der Waals surface area contributed by atoms with Crippen molar-refractivity contribution in [2.45, 2.75) is 18.8 Å². The van der Waals surface area contributed by atoms with Crippen LogP contribution in [0.3, 0.4) is 0 Å². The third-order valence-corrected chi connectivity index (χ3v) is 3.97. The Morgan fingerprint density at radius 2 is 2.06 bits per heavy atom. The number of hydrogen-bond donors (Lipinski definition) is 1. The van der Waals surface area contributed by atoms with Gasteiger partial charge >= 0.3 is 6.18 Å². The number of aliphatic hydroxyl groups excluding tert-OH is 1. The molecule has 0 spiro atoms. The second kappa shape index (κ2) is 5.07. The Morgan fingerprint density at radius 1 is 1.33 bits per heavy atom. The van der Waals surface area contributed by atoms with Crippen LogP contribution < -0.4 is 0 Å². The number of halogens is 4. The first-order chi connectivity index (χ1) is 8.36. The van der Waals surface area contributed by atoms with E-state index in [-0.39, 0.29) is 5.56 Å². The molecule has 1 atom stereocenters. The van der Waals surface area contributed by atoms with Crippen LogP contribution in [0, 0.1) is 0 Å². The first-order valence-corrected chi connectivity index (χ1v) is 6.62. The van der Waals surface area contributed by atoms with Gasteiger partial charge in [-0.25, -0.2) is 0 Å². The van der Waals surface area contributed by atoms with Gasteiger partial charge in [0.1, 0.15) is 0 Å². The number of aromatic nitrogens is 1. The first kappa shape index (κ1) is 13.6. The van der Waals surface area contributed by atoms with E-state index in [0.717, 1.165) is 8.66 Å². The molecule has 2 heterocycles. The van der Waals surface area contributed by atoms with Crippen LogP contribution in [0.4, 0.5) is 13.2 Å². The van der Waals surface area contributed by atoms with E-state index in [9.17, 15) is 13.2 Å². The summed E-state index contributed by atoms with van der Waals surface area (Å²) in [5.41, 5.74) is -0.141. The maximum absolute atomic E-state index is 12.3. The highest BCUT2D eigenvalue weighted by molar-refractivity contribution is 9.11. The molecule has 18 heavy (non-hydrogen) atoms. The average molecular weight is 340 g/mol. The van der Waals surface area contributed by atoms with Gasteiger partial charge in [0.15, 0.2) is 6.10 Å². The maximum atomic E-state index is 12.3. The minimum absolute atomic E-state index is 0.141. The number of hydrogen-bond acceptors (Lipinski definition) is 2. The predicted molar refractivity (Wildman–Crippen MR) is 66.6 cm³/mol. The van der Waals surface area contributed by atoms with Crippen LogP contribution in [-0.2, 0) is 6.54 Å². The third-order valence-electron chi connectivity index (χ3n) is 2.37. The molecule has 0 radical (unpaired) electrons. The molecule has 2 aromatic heterocycles. The van der Waals surface area contributed by atoms with Crippen molar-refractivity contribution in [3.05, 3.63) is 44.8 Å². The van der Waals surface area contributed by atoms with E-state index >= 15 is 0 Å². The maximum Gasteiger partial charge on any atom is 0.418 e. The van der Waals surface area contributed by atoms with Crippen LogP contribution in [0.15, 0.2) is 34.4 Å². The van der Waals surface area contributed by atoms with E-state index in [2.05, 4.69) is 15.9 Å². The molecule has 1 unspecified atom stereocenters. The van der Waals surface area contributed by atoms with Gasteiger partial charge in [-0.15, -0.1) is 11.3 Å². The average Bonchev–Trinajstić information content (AvgIpc) is 2.86. The molecule has 0 aliphatic rings. The lowest BCUT2D eigenvalue weighted by atomic mass is 10.2. The number of nitrogens with zero attached hydrogens (tertiary/aromatic N) is 1. The van der Waals surface area contributed by atoms with Gasteiger partial charge < -0.3 is 9.67 Å². The second-order valence-electron chi connectivity index (χ2n) is 3.77. The molecule has 2 nitrogen and oxygen atoms in total. The molecule has 7 heteroatoms. The summed E-state index contributed by atoms with van der Waals surface area (Å²) in [6.07, 6.45) is -4.21. The minimum atomic E-state index is -4.63. The number of alkyl halides is 3. The van der Waals surface area contributed by atoms with Crippen molar-refractivity contribution in [1.29, 1.82) is 0 Å². The van der Waals surface area contributed by atoms with Gasteiger partial charge in [0.25, 0.3) is 0 Å². The van der Waals surface area contributed by atoms with Gasteiger partial charge in [0.05, 0.1) is 10.3 Å². The van der Waals surface area contributed by atoms with Crippen molar-refractivity contribution < 1.29 is 18.3 Å². The molecule has 2 aromatic rings. The Morgan fingerprint density at radius 3 is 2.61 bits per heavy atom. The summed E-state index contributed by atoms with van der Waals surface area (Å²) in [6.45, 7) is 0.487. The first-order valence-electron chi connectivity index (χ1n) is 5.01. The molecule has 2 rings (SSSR count). The standard InChI is InChI=1S/C11H9BrF3NOS/c12-9-2-1-8(18-9)6-16-4-3-7(5-16)10(17)11(13,14)15/h1-5,10,17H,6H2. The van der Waals surface area contributed by atoms with Crippen LogP contribution in [0.25, 0.3) is 0 Å². The van der Waals surface area contributed by atoms with Crippen molar-refractivity contribution in [2.24, 2.45) is 0 Å². The molecular formula is C11H9BrF3NOS. The van der Waals surface area contributed by atoms with Gasteiger partial charge in [-0.2, -0.15) is 13.2 Å². The Hall–Kier alpha value is -0.790. The van der Waals surface area contributed by atoms with Gasteiger partial charge in [-0.05, 0) is 34.1 Å². The Labute approximate surface area is 114 Å². The molecule has 0 saturated carbocycles. The van der Waals surface area contributed by atoms with E-state index in [1.165, 1.54) is 29.8 Å². The molecule has 0 saturated heterocycles. The smallest absolute Gasteiger partial charge is 0.379 e. The summed E-state index contributed by atoms with van der Waals surface area (Å²) >= 11 is 4.84. The lowest BCUT2D eigenvalue weighted by molar-refractivity contribution is -0.206. The Balaban J connectivity index is 2.11. The zero-order chi connectivity index (χ0) is 13.3. The molecular weight excluding hydrogens is 331 g/mol. The number of aliphatic hydroxyl groups is 1. The van der Waals surface area contributed by atoms with Crippen molar-refractivity contribution in [3.8, 4) is 0 Å². The van der Waals surface area contributed by atoms with E-state index < -0.39 is 12.3 Å². The van der Waals surface area contributed by atoms with E-state index in [1.54, 1.807) is 4.57 Å². The normalized spacial score (nSPS) is 13.8. The Kier molecular flexibility index (Phi) is 3.84. The summed E-state index contributed by atoms with van der Waals surface area (Å²) < 4.78 is 39.5. The third kappa shape index (κ3) is 3.15. The number of rotatable bonds is 3. The summed E-state index contributed by atoms with van der Waals surface area (Å²) in [7, 11) is 0. The van der Waals surface area contributed by atoms with Gasteiger partial charge in [-0.1, -0.05) is 0 Å². The molecule has 0 aromatic carbocycles. The summed E-state index contributed by atoms with van der Waals surface area (Å²) in [6, 6.07) is 5.06. The fraction of sp³-hybridized carbons (Fsp3) is 0.273. The van der Waals surface area contributed by atoms with Gasteiger partial charge in [0.2, 0.25) is 0 Å². The van der Waals surface area contributed by atoms with E-state index in [1.807, 2.05) is 12.1 Å². The van der Waals surface area contributed by atoms with Crippen molar-refractivity contribution >= 4 is 27.3 Å². The quantitative estimate of drug-likeness (QED) is 0.899. The SMILES string of the molecule is OC(c1ccn(Cc2ccc(Br)s2)c1)C(F)(F)F. The zero-order valence-electron chi connectivity index (χ0n) is 8.99. The minimum Gasteiger partial charge on any atom is -0.379 e. The predicted octanol–water partition coefficient (Wildman–Crippen LogP) is 3.96. The molecule has 0 aliphatic heterocycles. The molecule has 98 valence electrons. The topological polar surface area (TPSA) is 25.2 Å². The highest BCUT2D eigenvalue weighted by Crippen LogP contribution is 2.32. The highest BCUT2D eigenvalue weighted by Gasteiger charge is 2.39. The van der Waals surface area contributed by atoms with Crippen molar-refractivity contribution in [1.82, 2.24) is 4.57 Å². The molecule has 0 bridgehead atoms. The molecule has 0 aliphatic carbocycles. The second-order valence-corrected chi connectivity index (χ2v) is 6.31. The van der Waals surface area contributed by atoms with Crippen LogP contribution in [0.2, 0.25) is 0 Å². The van der Waals surface area contributed by atoms with Crippen LogP contribution >= 0.6 is 27.3 Å². The summed E-state index contributed by atoms with van der Waals surface area (Å²) in [5.74, 6) is 0. The number of thiophene rings is 1. The summed E-state index contributed by atoms with van der Waals surface area (Å²) in [4.78, 5) is 1.02. The fourth-order valence-corrected chi connectivity index (χ4v) is 3.02.